The Kier molecular flexibility index (Phi) is 5.86. The molecule has 3 aliphatic rings. The maximum absolute atomic E-state index is 14.3. The Morgan fingerprint density at radius 3 is 2.65 bits per heavy atom. The number of halogens is 2. The number of amides is 1. The first kappa shape index (κ1) is 25.1. The van der Waals surface area contributed by atoms with Crippen molar-refractivity contribution < 1.29 is 9.18 Å². The second kappa shape index (κ2) is 9.34. The highest BCUT2D eigenvalue weighted by atomic mass is 35.5. The number of aromatic amines is 1. The van der Waals surface area contributed by atoms with E-state index in [9.17, 15) is 9.18 Å². The fraction of sp³-hybridized carbons (Fsp3) is 0.407. The number of carbonyl (C=O) groups excluding carboxylic acids is 1. The molecule has 1 spiro atoms. The lowest BCUT2D eigenvalue weighted by molar-refractivity contribution is 0.0995. The zero-order valence-corrected chi connectivity index (χ0v) is 22.5. The van der Waals surface area contributed by atoms with Gasteiger partial charge in [0.05, 0.1) is 22.5 Å². The van der Waals surface area contributed by atoms with Gasteiger partial charge in [-0.05, 0) is 55.2 Å². The number of fused-ring (bicyclic) bond motifs is 2. The Labute approximate surface area is 234 Å². The minimum absolute atomic E-state index is 0.217. The highest BCUT2D eigenvalue weighted by molar-refractivity contribution is 6.36. The summed E-state index contributed by atoms with van der Waals surface area (Å²) in [6.45, 7) is 3.28. The van der Waals surface area contributed by atoms with Gasteiger partial charge >= 0.3 is 0 Å². The van der Waals surface area contributed by atoms with Crippen LogP contribution in [-0.4, -0.2) is 62.2 Å². The number of pyridine rings is 2. The summed E-state index contributed by atoms with van der Waals surface area (Å²) in [6.07, 6.45) is 7.86. The largest absolute Gasteiger partial charge is 0.365 e. The lowest BCUT2D eigenvalue weighted by Crippen LogP contribution is -2.44. The third-order valence-electron chi connectivity index (χ3n) is 8.75. The molecule has 13 heteroatoms. The van der Waals surface area contributed by atoms with E-state index in [0.29, 0.717) is 52.6 Å². The highest BCUT2D eigenvalue weighted by Gasteiger charge is 2.47. The first-order valence-corrected chi connectivity index (χ1v) is 13.8. The number of rotatable bonds is 4. The van der Waals surface area contributed by atoms with Crippen LogP contribution in [0.15, 0.2) is 24.5 Å². The maximum Gasteiger partial charge on any atom is 0.253 e. The average molecular weight is 563 g/mol. The minimum atomic E-state index is -0.843. The number of aromatic nitrogens is 6. The van der Waals surface area contributed by atoms with Crippen LogP contribution >= 0.6 is 11.6 Å². The van der Waals surface area contributed by atoms with Crippen molar-refractivity contribution in [3.8, 4) is 11.3 Å². The van der Waals surface area contributed by atoms with Crippen LogP contribution in [0.5, 0.6) is 0 Å². The van der Waals surface area contributed by atoms with Crippen molar-refractivity contribution in [3.05, 3.63) is 52.3 Å². The number of anilines is 2. The van der Waals surface area contributed by atoms with Crippen molar-refractivity contribution in [1.29, 1.82) is 0 Å². The summed E-state index contributed by atoms with van der Waals surface area (Å²) in [5, 5.41) is 8.10. The third-order valence-corrected chi connectivity index (χ3v) is 9.12. The summed E-state index contributed by atoms with van der Waals surface area (Å²) >= 11 is 6.80. The summed E-state index contributed by atoms with van der Waals surface area (Å²) in [6, 6.07) is 2.99. The molecule has 4 aromatic heterocycles. The van der Waals surface area contributed by atoms with E-state index >= 15 is 0 Å². The molecule has 1 atom stereocenters. The predicted molar refractivity (Wildman–Crippen MR) is 149 cm³/mol. The highest BCUT2D eigenvalue weighted by Crippen LogP contribution is 2.50. The molecule has 0 saturated carbocycles. The summed E-state index contributed by atoms with van der Waals surface area (Å²) in [5.74, 6) is -0.176. The van der Waals surface area contributed by atoms with Crippen LogP contribution in [0.4, 0.5) is 16.0 Å². The molecule has 11 nitrogen and oxygen atoms in total. The van der Waals surface area contributed by atoms with E-state index in [1.165, 1.54) is 6.07 Å². The Morgan fingerprint density at radius 1 is 1.12 bits per heavy atom. The number of nitrogens with one attached hydrogen (secondary N) is 1. The Morgan fingerprint density at radius 2 is 1.90 bits per heavy atom. The van der Waals surface area contributed by atoms with Gasteiger partial charge in [0.2, 0.25) is 11.6 Å². The minimum Gasteiger partial charge on any atom is -0.365 e. The molecule has 0 bridgehead atoms. The maximum atomic E-state index is 14.3. The summed E-state index contributed by atoms with van der Waals surface area (Å²) in [7, 11) is 0. The number of H-pyrrole nitrogens is 1. The van der Waals surface area contributed by atoms with E-state index in [1.807, 2.05) is 6.07 Å². The fourth-order valence-electron chi connectivity index (χ4n) is 6.47. The van der Waals surface area contributed by atoms with Gasteiger partial charge in [-0.3, -0.25) is 9.89 Å². The van der Waals surface area contributed by atoms with E-state index in [-0.39, 0.29) is 17.0 Å². The first-order chi connectivity index (χ1) is 19.3. The fourth-order valence-corrected chi connectivity index (χ4v) is 6.80. The average Bonchev–Trinajstić information content (AvgIpc) is 3.68. The van der Waals surface area contributed by atoms with Crippen LogP contribution in [-0.2, 0) is 6.42 Å². The number of piperidine rings is 1. The number of nitrogens with zero attached hydrogens (tertiary/aromatic N) is 7. The van der Waals surface area contributed by atoms with Crippen molar-refractivity contribution in [2.24, 2.45) is 16.9 Å². The molecule has 1 amide bonds. The van der Waals surface area contributed by atoms with Crippen molar-refractivity contribution >= 4 is 40.3 Å². The Bertz CT molecular complexity index is 1640. The van der Waals surface area contributed by atoms with Gasteiger partial charge in [-0.25, -0.2) is 19.9 Å². The molecule has 206 valence electrons. The molecular weight excluding hydrogens is 535 g/mol. The van der Waals surface area contributed by atoms with Gasteiger partial charge in [0.1, 0.15) is 17.2 Å². The molecule has 6 heterocycles. The van der Waals surface area contributed by atoms with Gasteiger partial charge in [-0.2, -0.15) is 9.49 Å². The van der Waals surface area contributed by atoms with Crippen molar-refractivity contribution in [2.45, 2.75) is 38.1 Å². The molecule has 0 aromatic carbocycles. The van der Waals surface area contributed by atoms with Gasteiger partial charge < -0.3 is 21.3 Å². The van der Waals surface area contributed by atoms with Gasteiger partial charge in [0, 0.05) is 49.7 Å². The van der Waals surface area contributed by atoms with E-state index in [4.69, 9.17) is 33.0 Å². The molecule has 2 saturated heterocycles. The lowest BCUT2D eigenvalue weighted by Gasteiger charge is -2.42. The van der Waals surface area contributed by atoms with Crippen LogP contribution in [0.2, 0.25) is 5.02 Å². The van der Waals surface area contributed by atoms with E-state index in [2.05, 4.69) is 30.0 Å². The zero-order chi connectivity index (χ0) is 27.6. The number of carbonyl (C=O) groups is 1. The lowest BCUT2D eigenvalue weighted by atomic mass is 9.73. The molecular formula is C27H28ClFN10O. The Hall–Kier alpha value is -3.90. The molecule has 40 heavy (non-hydrogen) atoms. The van der Waals surface area contributed by atoms with Gasteiger partial charge in [0.25, 0.3) is 5.91 Å². The van der Waals surface area contributed by atoms with Crippen LogP contribution < -0.4 is 21.3 Å². The number of hydrogen-bond acceptors (Lipinski definition) is 9. The molecule has 2 aliphatic heterocycles. The smallest absolute Gasteiger partial charge is 0.253 e. The second-order valence-electron chi connectivity index (χ2n) is 10.9. The molecule has 4 aromatic rings. The SMILES string of the molecule is NC(=O)c1cc2c(nc1F)CC1(CCN(c3cnc4c(-c5ccnc(N6CCCC6)c5Cl)[nH]nc4n3)CC1)[C@@H]2N. The zero-order valence-electron chi connectivity index (χ0n) is 21.7. The third kappa shape index (κ3) is 3.88. The van der Waals surface area contributed by atoms with Crippen molar-refractivity contribution in [1.82, 2.24) is 30.1 Å². The predicted octanol–water partition coefficient (Wildman–Crippen LogP) is 3.14. The molecule has 0 unspecified atom stereocenters. The van der Waals surface area contributed by atoms with E-state index < -0.39 is 11.9 Å². The quantitative estimate of drug-likeness (QED) is 0.318. The topological polar surface area (TPSA) is 156 Å². The van der Waals surface area contributed by atoms with E-state index in [1.54, 1.807) is 12.4 Å². The summed E-state index contributed by atoms with van der Waals surface area (Å²) in [5.41, 5.74) is 15.5. The molecule has 0 radical (unpaired) electrons. The van der Waals surface area contributed by atoms with E-state index in [0.717, 1.165) is 56.0 Å². The van der Waals surface area contributed by atoms with Crippen LogP contribution in [0.1, 0.15) is 53.3 Å². The summed E-state index contributed by atoms with van der Waals surface area (Å²) in [4.78, 5) is 34.1. The van der Waals surface area contributed by atoms with Gasteiger partial charge in [-0.15, -0.1) is 0 Å². The first-order valence-electron chi connectivity index (χ1n) is 13.5. The number of primary amides is 1. The monoisotopic (exact) mass is 562 g/mol. The van der Waals surface area contributed by atoms with Crippen LogP contribution in [0, 0.1) is 11.4 Å². The van der Waals surface area contributed by atoms with Crippen molar-refractivity contribution in [2.75, 3.05) is 36.0 Å². The molecule has 2 fully saturated rings. The van der Waals surface area contributed by atoms with Crippen LogP contribution in [0.25, 0.3) is 22.4 Å². The van der Waals surface area contributed by atoms with Gasteiger partial charge in [0.15, 0.2) is 0 Å². The standard InChI is InChI=1S/C27H28ClFN10O/c28-19-14(3-6-32-26(19)39-7-1-2-8-39)20-21-25(37-36-20)35-18(13-33-21)38-9-4-27(5-10-38)12-17-15(22(27)30)11-16(24(31)40)23(29)34-17/h3,6,11,13,22H,1-2,4-5,7-10,12,30H2,(H2,31,40)(H,35,36,37)/t22-/m1/s1. The normalized spacial score (nSPS) is 20.0. The number of nitrogens with two attached hydrogens (primary N) is 2. The van der Waals surface area contributed by atoms with Crippen LogP contribution in [0.3, 0.4) is 0 Å². The second-order valence-corrected chi connectivity index (χ2v) is 11.3. The molecule has 5 N–H and O–H groups in total. The summed E-state index contributed by atoms with van der Waals surface area (Å²) < 4.78 is 14.3. The molecule has 1 aliphatic carbocycles. The number of hydrogen-bond donors (Lipinski definition) is 3. The van der Waals surface area contributed by atoms with Gasteiger partial charge in [-0.1, -0.05) is 11.6 Å². The Balaban J connectivity index is 1.11. The van der Waals surface area contributed by atoms with Crippen molar-refractivity contribution in [3.63, 3.8) is 0 Å². The molecule has 7 rings (SSSR count).